The van der Waals surface area contributed by atoms with E-state index >= 15 is 0 Å². The molecule has 1 aliphatic rings. The van der Waals surface area contributed by atoms with Gasteiger partial charge in [-0.3, -0.25) is 10.2 Å². The van der Waals surface area contributed by atoms with Gasteiger partial charge in [0.2, 0.25) is 0 Å². The van der Waals surface area contributed by atoms with E-state index in [0.717, 1.165) is 31.4 Å². The molecule has 6 heteroatoms. The predicted molar refractivity (Wildman–Crippen MR) is 88.8 cm³/mol. The largest absolute Gasteiger partial charge is 0.443 e. The third kappa shape index (κ3) is 4.87. The first-order chi connectivity index (χ1) is 10.8. The maximum atomic E-state index is 12.6. The molecule has 6 nitrogen and oxygen atoms in total. The fourth-order valence-electron chi connectivity index (χ4n) is 2.72. The zero-order valence-electron chi connectivity index (χ0n) is 13.9. The Balaban J connectivity index is 1.97. The SMILES string of the molecule is CC(C)(C)OC(=O)NNC(=O)C1(Nc2ccccc2)CCCC1. The van der Waals surface area contributed by atoms with Gasteiger partial charge in [-0.25, -0.2) is 10.2 Å². The average Bonchev–Trinajstić information content (AvgIpc) is 2.94. The highest BCUT2D eigenvalue weighted by atomic mass is 16.6. The lowest BCUT2D eigenvalue weighted by Crippen LogP contribution is -2.56. The summed E-state index contributed by atoms with van der Waals surface area (Å²) in [6, 6.07) is 9.61. The van der Waals surface area contributed by atoms with Crippen LogP contribution in [0.25, 0.3) is 0 Å². The van der Waals surface area contributed by atoms with Gasteiger partial charge in [-0.2, -0.15) is 0 Å². The van der Waals surface area contributed by atoms with Crippen LogP contribution in [0.1, 0.15) is 46.5 Å². The Hall–Kier alpha value is -2.24. The summed E-state index contributed by atoms with van der Waals surface area (Å²) >= 11 is 0. The normalized spacial score (nSPS) is 16.5. The number of amides is 2. The summed E-state index contributed by atoms with van der Waals surface area (Å²) in [5.41, 5.74) is 4.39. The van der Waals surface area contributed by atoms with Gasteiger partial charge in [0.05, 0.1) is 0 Å². The van der Waals surface area contributed by atoms with Crippen molar-refractivity contribution in [2.45, 2.75) is 57.6 Å². The van der Waals surface area contributed by atoms with Crippen LogP contribution in [-0.2, 0) is 9.53 Å². The van der Waals surface area contributed by atoms with E-state index < -0.39 is 17.2 Å². The summed E-state index contributed by atoms with van der Waals surface area (Å²) in [7, 11) is 0. The molecule has 126 valence electrons. The van der Waals surface area contributed by atoms with Crippen molar-refractivity contribution in [3.05, 3.63) is 30.3 Å². The molecule has 0 atom stereocenters. The molecule has 0 heterocycles. The second kappa shape index (κ2) is 6.89. The average molecular weight is 319 g/mol. The Labute approximate surface area is 136 Å². The van der Waals surface area contributed by atoms with Crippen LogP contribution in [0.2, 0.25) is 0 Å². The second-order valence-electron chi connectivity index (χ2n) is 6.86. The molecule has 1 saturated carbocycles. The minimum atomic E-state index is -0.698. The molecule has 1 aliphatic carbocycles. The van der Waals surface area contributed by atoms with Crippen LogP contribution in [0.15, 0.2) is 30.3 Å². The van der Waals surface area contributed by atoms with Gasteiger partial charge < -0.3 is 10.1 Å². The highest BCUT2D eigenvalue weighted by molar-refractivity contribution is 5.90. The molecule has 0 aromatic heterocycles. The number of carbonyl (C=O) groups is 2. The van der Waals surface area contributed by atoms with E-state index in [-0.39, 0.29) is 5.91 Å². The number of anilines is 1. The quantitative estimate of drug-likeness (QED) is 0.748. The van der Waals surface area contributed by atoms with Gasteiger partial charge in [-0.15, -0.1) is 0 Å². The van der Waals surface area contributed by atoms with Crippen molar-refractivity contribution in [2.24, 2.45) is 0 Å². The highest BCUT2D eigenvalue weighted by Crippen LogP contribution is 2.33. The molecule has 23 heavy (non-hydrogen) atoms. The molecule has 1 fully saturated rings. The van der Waals surface area contributed by atoms with Gasteiger partial charge in [0, 0.05) is 5.69 Å². The summed E-state index contributed by atoms with van der Waals surface area (Å²) in [6.07, 6.45) is 2.73. The number of ether oxygens (including phenoxy) is 1. The fourth-order valence-corrected chi connectivity index (χ4v) is 2.72. The van der Waals surface area contributed by atoms with Crippen molar-refractivity contribution in [3.63, 3.8) is 0 Å². The smallest absolute Gasteiger partial charge is 0.426 e. The summed E-state index contributed by atoms with van der Waals surface area (Å²) in [5, 5.41) is 3.32. The van der Waals surface area contributed by atoms with Gasteiger partial charge in [0.1, 0.15) is 11.1 Å². The molecule has 3 N–H and O–H groups in total. The lowest BCUT2D eigenvalue weighted by Gasteiger charge is -2.30. The molecule has 0 spiro atoms. The van der Waals surface area contributed by atoms with Crippen molar-refractivity contribution in [3.8, 4) is 0 Å². The van der Waals surface area contributed by atoms with Gasteiger partial charge >= 0.3 is 6.09 Å². The van der Waals surface area contributed by atoms with Crippen LogP contribution in [0, 0.1) is 0 Å². The summed E-state index contributed by atoms with van der Waals surface area (Å²) < 4.78 is 5.12. The molecule has 0 saturated heterocycles. The minimum absolute atomic E-state index is 0.246. The van der Waals surface area contributed by atoms with E-state index in [0.29, 0.717) is 0 Å². The summed E-state index contributed by atoms with van der Waals surface area (Å²) in [4.78, 5) is 24.3. The van der Waals surface area contributed by atoms with Crippen LogP contribution in [0.4, 0.5) is 10.5 Å². The summed E-state index contributed by atoms with van der Waals surface area (Å²) in [5.74, 6) is -0.246. The van der Waals surface area contributed by atoms with Crippen molar-refractivity contribution in [1.82, 2.24) is 10.9 Å². The molecular weight excluding hydrogens is 294 g/mol. The highest BCUT2D eigenvalue weighted by Gasteiger charge is 2.41. The molecule has 1 aromatic carbocycles. The lowest BCUT2D eigenvalue weighted by atomic mass is 9.96. The maximum Gasteiger partial charge on any atom is 0.426 e. The van der Waals surface area contributed by atoms with Gasteiger partial charge in [0.25, 0.3) is 5.91 Å². The van der Waals surface area contributed by atoms with Crippen molar-refractivity contribution in [1.29, 1.82) is 0 Å². The van der Waals surface area contributed by atoms with Crippen LogP contribution >= 0.6 is 0 Å². The first kappa shape index (κ1) is 17.1. The van der Waals surface area contributed by atoms with Crippen molar-refractivity contribution < 1.29 is 14.3 Å². The van der Waals surface area contributed by atoms with E-state index in [1.165, 1.54) is 0 Å². The number of nitrogens with one attached hydrogen (secondary N) is 3. The van der Waals surface area contributed by atoms with E-state index in [1.807, 2.05) is 30.3 Å². The van der Waals surface area contributed by atoms with Crippen LogP contribution in [0.3, 0.4) is 0 Å². The Kier molecular flexibility index (Phi) is 5.13. The molecular formula is C17H25N3O3. The molecule has 0 aliphatic heterocycles. The number of para-hydroxylation sites is 1. The molecule has 1 aromatic rings. The number of benzene rings is 1. The Morgan fingerprint density at radius 2 is 1.65 bits per heavy atom. The van der Waals surface area contributed by atoms with Crippen molar-refractivity contribution in [2.75, 3.05) is 5.32 Å². The van der Waals surface area contributed by atoms with Gasteiger partial charge in [0.15, 0.2) is 0 Å². The Morgan fingerprint density at radius 1 is 1.04 bits per heavy atom. The first-order valence-corrected chi connectivity index (χ1v) is 7.93. The third-order valence-electron chi connectivity index (χ3n) is 3.73. The second-order valence-corrected chi connectivity index (χ2v) is 6.86. The monoisotopic (exact) mass is 319 g/mol. The zero-order chi connectivity index (χ0) is 16.9. The van der Waals surface area contributed by atoms with Gasteiger partial charge in [-0.1, -0.05) is 31.0 Å². The fraction of sp³-hybridized carbons (Fsp3) is 0.529. The van der Waals surface area contributed by atoms with E-state index in [9.17, 15) is 9.59 Å². The van der Waals surface area contributed by atoms with Crippen LogP contribution in [0.5, 0.6) is 0 Å². The van der Waals surface area contributed by atoms with Crippen LogP contribution in [-0.4, -0.2) is 23.1 Å². The Morgan fingerprint density at radius 3 is 2.22 bits per heavy atom. The maximum absolute atomic E-state index is 12.6. The van der Waals surface area contributed by atoms with Gasteiger partial charge in [-0.05, 0) is 45.7 Å². The molecule has 0 unspecified atom stereocenters. The predicted octanol–water partition coefficient (Wildman–Crippen LogP) is 2.97. The Bertz CT molecular complexity index is 546. The molecule has 0 radical (unpaired) electrons. The standard InChI is InChI=1S/C17H25N3O3/c1-16(2,3)23-15(22)20-19-14(21)17(11-7-8-12-17)18-13-9-5-4-6-10-13/h4-6,9-10,18H,7-8,11-12H2,1-3H3,(H,19,21)(H,20,22). The van der Waals surface area contributed by atoms with E-state index in [1.54, 1.807) is 20.8 Å². The van der Waals surface area contributed by atoms with E-state index in [4.69, 9.17) is 4.74 Å². The van der Waals surface area contributed by atoms with Crippen molar-refractivity contribution >= 4 is 17.7 Å². The molecule has 2 rings (SSSR count). The molecule has 2 amide bonds. The number of rotatable bonds is 3. The molecule has 0 bridgehead atoms. The number of carbonyl (C=O) groups excluding carboxylic acids is 2. The number of hydrogen-bond acceptors (Lipinski definition) is 4. The number of hydrazine groups is 1. The third-order valence-corrected chi connectivity index (χ3v) is 3.73. The minimum Gasteiger partial charge on any atom is -0.443 e. The first-order valence-electron chi connectivity index (χ1n) is 7.93. The summed E-state index contributed by atoms with van der Waals surface area (Å²) in [6.45, 7) is 5.30. The lowest BCUT2D eigenvalue weighted by molar-refractivity contribution is -0.126. The number of hydrogen-bond donors (Lipinski definition) is 3. The van der Waals surface area contributed by atoms with E-state index in [2.05, 4.69) is 16.2 Å². The van der Waals surface area contributed by atoms with Crippen LogP contribution < -0.4 is 16.2 Å². The zero-order valence-corrected chi connectivity index (χ0v) is 13.9. The topological polar surface area (TPSA) is 79.5 Å².